The molecule has 2 atom stereocenters. The molecule has 0 radical (unpaired) electrons. The van der Waals surface area contributed by atoms with Crippen LogP contribution in [0.5, 0.6) is 0 Å². The van der Waals surface area contributed by atoms with Crippen molar-refractivity contribution < 1.29 is 0 Å². The van der Waals surface area contributed by atoms with Gasteiger partial charge < -0.3 is 5.32 Å². The third-order valence-corrected chi connectivity index (χ3v) is 3.70. The number of rotatable bonds is 4. The summed E-state index contributed by atoms with van der Waals surface area (Å²) in [7, 11) is 0. The molecule has 0 spiro atoms. The Morgan fingerprint density at radius 3 is 2.94 bits per heavy atom. The van der Waals surface area contributed by atoms with E-state index in [4.69, 9.17) is 0 Å². The van der Waals surface area contributed by atoms with Crippen LogP contribution in [-0.2, 0) is 6.42 Å². The molecule has 1 heterocycles. The largest absolute Gasteiger partial charge is 0.312 e. The van der Waals surface area contributed by atoms with Gasteiger partial charge in [-0.1, -0.05) is 25.3 Å². The van der Waals surface area contributed by atoms with Crippen LogP contribution in [-0.4, -0.2) is 17.6 Å². The minimum absolute atomic E-state index is 0.191. The number of nitrogens with zero attached hydrogens (tertiary/aromatic N) is 2. The van der Waals surface area contributed by atoms with E-state index in [0.717, 1.165) is 31.5 Å². The molecule has 1 aromatic rings. The Labute approximate surface area is 109 Å². The lowest BCUT2D eigenvalue weighted by Gasteiger charge is -2.20. The Hall–Kier alpha value is -1.40. The summed E-state index contributed by atoms with van der Waals surface area (Å²) in [5, 5.41) is 12.7. The van der Waals surface area contributed by atoms with Gasteiger partial charge >= 0.3 is 0 Å². The van der Waals surface area contributed by atoms with Crippen LogP contribution in [0.25, 0.3) is 0 Å². The minimum Gasteiger partial charge on any atom is -0.312 e. The molecule has 1 aromatic heterocycles. The van der Waals surface area contributed by atoms with E-state index < -0.39 is 0 Å². The fourth-order valence-corrected chi connectivity index (χ4v) is 2.64. The van der Waals surface area contributed by atoms with E-state index in [1.165, 1.54) is 19.3 Å². The number of aromatic nitrogens is 1. The summed E-state index contributed by atoms with van der Waals surface area (Å²) in [6, 6.07) is 8.85. The highest BCUT2D eigenvalue weighted by atomic mass is 14.9. The van der Waals surface area contributed by atoms with Crippen molar-refractivity contribution >= 4 is 0 Å². The predicted octanol–water partition coefficient (Wildman–Crippen LogP) is 2.69. The van der Waals surface area contributed by atoms with Gasteiger partial charge in [0, 0.05) is 30.9 Å². The van der Waals surface area contributed by atoms with Crippen LogP contribution in [0.1, 0.15) is 37.8 Å². The van der Waals surface area contributed by atoms with Gasteiger partial charge in [-0.05, 0) is 25.0 Å². The van der Waals surface area contributed by atoms with Crippen molar-refractivity contribution in [3.63, 3.8) is 0 Å². The molecular weight excluding hydrogens is 222 g/mol. The van der Waals surface area contributed by atoms with E-state index in [9.17, 15) is 5.26 Å². The third-order valence-electron chi connectivity index (χ3n) is 3.70. The molecule has 0 aliphatic heterocycles. The molecule has 0 saturated heterocycles. The molecule has 1 aliphatic rings. The van der Waals surface area contributed by atoms with Crippen molar-refractivity contribution in [2.45, 2.75) is 44.6 Å². The number of hydrogen-bond acceptors (Lipinski definition) is 3. The highest BCUT2D eigenvalue weighted by Crippen LogP contribution is 2.22. The van der Waals surface area contributed by atoms with E-state index >= 15 is 0 Å². The highest BCUT2D eigenvalue weighted by molar-refractivity contribution is 5.04. The van der Waals surface area contributed by atoms with Gasteiger partial charge in [-0.25, -0.2) is 0 Å². The lowest BCUT2D eigenvalue weighted by molar-refractivity contribution is 0.397. The van der Waals surface area contributed by atoms with Gasteiger partial charge in [-0.3, -0.25) is 4.98 Å². The molecule has 1 aliphatic carbocycles. The number of nitriles is 1. The van der Waals surface area contributed by atoms with Crippen molar-refractivity contribution in [1.29, 1.82) is 5.26 Å². The molecule has 0 bridgehead atoms. The van der Waals surface area contributed by atoms with E-state index in [-0.39, 0.29) is 5.92 Å². The van der Waals surface area contributed by atoms with Crippen LogP contribution in [0.15, 0.2) is 24.4 Å². The molecule has 1 fully saturated rings. The molecule has 96 valence electrons. The average molecular weight is 243 g/mol. The summed E-state index contributed by atoms with van der Waals surface area (Å²) in [6.07, 6.45) is 8.69. The maximum absolute atomic E-state index is 9.20. The Morgan fingerprint density at radius 1 is 1.28 bits per heavy atom. The van der Waals surface area contributed by atoms with Crippen LogP contribution < -0.4 is 5.32 Å². The van der Waals surface area contributed by atoms with Crippen LogP contribution in [0.2, 0.25) is 0 Å². The Bertz CT molecular complexity index is 382. The van der Waals surface area contributed by atoms with Crippen LogP contribution in [0, 0.1) is 17.2 Å². The fraction of sp³-hybridized carbons (Fsp3) is 0.600. The minimum atomic E-state index is 0.191. The topological polar surface area (TPSA) is 48.7 Å². The average Bonchev–Trinajstić information content (AvgIpc) is 2.65. The molecule has 0 aromatic carbocycles. The zero-order valence-electron chi connectivity index (χ0n) is 10.8. The van der Waals surface area contributed by atoms with Gasteiger partial charge in [-0.15, -0.1) is 0 Å². The zero-order valence-corrected chi connectivity index (χ0v) is 10.8. The summed E-state index contributed by atoms with van der Waals surface area (Å²) in [4.78, 5) is 4.31. The molecule has 3 heteroatoms. The summed E-state index contributed by atoms with van der Waals surface area (Å²) in [5.74, 6) is 0.191. The Morgan fingerprint density at radius 2 is 2.17 bits per heavy atom. The van der Waals surface area contributed by atoms with E-state index in [1.807, 2.05) is 18.3 Å². The van der Waals surface area contributed by atoms with Crippen molar-refractivity contribution in [3.05, 3.63) is 30.1 Å². The maximum Gasteiger partial charge on any atom is 0.0672 e. The second-order valence-corrected chi connectivity index (χ2v) is 5.01. The second-order valence-electron chi connectivity index (χ2n) is 5.01. The standard InChI is InChI=1S/C15H21N3/c16-12-13-6-2-1-3-8-15(13)18-11-9-14-7-4-5-10-17-14/h4-5,7,10,13,15,18H,1-3,6,8-9,11H2. The second kappa shape index (κ2) is 7.13. The van der Waals surface area contributed by atoms with Crippen LogP contribution in [0.4, 0.5) is 0 Å². The van der Waals surface area contributed by atoms with Gasteiger partial charge in [0.15, 0.2) is 0 Å². The first kappa shape index (κ1) is 13.0. The summed E-state index contributed by atoms with van der Waals surface area (Å²) in [5.41, 5.74) is 1.12. The van der Waals surface area contributed by atoms with E-state index in [0.29, 0.717) is 6.04 Å². The van der Waals surface area contributed by atoms with E-state index in [2.05, 4.69) is 22.4 Å². The summed E-state index contributed by atoms with van der Waals surface area (Å²) >= 11 is 0. The maximum atomic E-state index is 9.20. The van der Waals surface area contributed by atoms with E-state index in [1.54, 1.807) is 0 Å². The molecule has 2 unspecified atom stereocenters. The predicted molar refractivity (Wildman–Crippen MR) is 71.9 cm³/mol. The van der Waals surface area contributed by atoms with Gasteiger partial charge in [-0.2, -0.15) is 5.26 Å². The summed E-state index contributed by atoms with van der Waals surface area (Å²) in [6.45, 7) is 0.917. The molecule has 3 nitrogen and oxygen atoms in total. The monoisotopic (exact) mass is 243 g/mol. The lowest BCUT2D eigenvalue weighted by atomic mass is 9.96. The fourth-order valence-electron chi connectivity index (χ4n) is 2.64. The van der Waals surface area contributed by atoms with Gasteiger partial charge in [0.05, 0.1) is 12.0 Å². The SMILES string of the molecule is N#CC1CCCCCC1NCCc1ccccn1. The first-order valence-electron chi connectivity index (χ1n) is 6.93. The third kappa shape index (κ3) is 3.82. The molecule has 1 N–H and O–H groups in total. The normalized spacial score (nSPS) is 24.2. The molecule has 1 saturated carbocycles. The van der Waals surface area contributed by atoms with Crippen molar-refractivity contribution in [1.82, 2.24) is 10.3 Å². The molecule has 0 amide bonds. The van der Waals surface area contributed by atoms with Gasteiger partial charge in [0.2, 0.25) is 0 Å². The first-order valence-corrected chi connectivity index (χ1v) is 6.93. The van der Waals surface area contributed by atoms with Crippen molar-refractivity contribution in [2.75, 3.05) is 6.54 Å². The Kier molecular flexibility index (Phi) is 5.16. The lowest BCUT2D eigenvalue weighted by Crippen LogP contribution is -2.36. The number of nitrogens with one attached hydrogen (secondary N) is 1. The molecular formula is C15H21N3. The van der Waals surface area contributed by atoms with Crippen LogP contribution in [0.3, 0.4) is 0 Å². The highest BCUT2D eigenvalue weighted by Gasteiger charge is 2.22. The number of pyridine rings is 1. The summed E-state index contributed by atoms with van der Waals surface area (Å²) < 4.78 is 0. The van der Waals surface area contributed by atoms with Crippen LogP contribution >= 0.6 is 0 Å². The smallest absolute Gasteiger partial charge is 0.0672 e. The Balaban J connectivity index is 1.79. The molecule has 18 heavy (non-hydrogen) atoms. The molecule has 2 rings (SSSR count). The van der Waals surface area contributed by atoms with Gasteiger partial charge in [0.1, 0.15) is 0 Å². The zero-order chi connectivity index (χ0) is 12.6. The van der Waals surface area contributed by atoms with Crippen molar-refractivity contribution in [3.8, 4) is 6.07 Å². The van der Waals surface area contributed by atoms with Gasteiger partial charge in [0.25, 0.3) is 0 Å². The number of hydrogen-bond donors (Lipinski definition) is 1. The van der Waals surface area contributed by atoms with Crippen molar-refractivity contribution in [2.24, 2.45) is 5.92 Å². The quantitative estimate of drug-likeness (QED) is 0.827. The first-order chi connectivity index (χ1) is 8.90.